The zero-order chi connectivity index (χ0) is 13.7. The van der Waals surface area contributed by atoms with Gasteiger partial charge in [-0.1, -0.05) is 6.07 Å². The third-order valence-corrected chi connectivity index (χ3v) is 3.88. The largest absolute Gasteiger partial charge is 0.305 e. The van der Waals surface area contributed by atoms with Crippen LogP contribution in [0, 0.1) is 11.3 Å². The Morgan fingerprint density at radius 2 is 2.32 bits per heavy atom. The molecule has 0 aromatic carbocycles. The van der Waals surface area contributed by atoms with Gasteiger partial charge in [-0.3, -0.25) is 9.88 Å². The van der Waals surface area contributed by atoms with Crippen molar-refractivity contribution in [3.05, 3.63) is 30.1 Å². The lowest BCUT2D eigenvalue weighted by Gasteiger charge is -2.33. The van der Waals surface area contributed by atoms with Crippen LogP contribution in [0.15, 0.2) is 24.4 Å². The minimum atomic E-state index is 0.300. The second-order valence-corrected chi connectivity index (χ2v) is 5.41. The van der Waals surface area contributed by atoms with Crippen molar-refractivity contribution in [2.45, 2.75) is 38.4 Å². The summed E-state index contributed by atoms with van der Waals surface area (Å²) in [5.41, 5.74) is 1.09. The fourth-order valence-corrected chi connectivity index (χ4v) is 2.74. The molecule has 4 nitrogen and oxygen atoms in total. The first-order chi connectivity index (χ1) is 9.20. The van der Waals surface area contributed by atoms with Crippen molar-refractivity contribution in [3.8, 4) is 6.07 Å². The lowest BCUT2D eigenvalue weighted by molar-refractivity contribution is 0.135. The molecule has 2 atom stereocenters. The summed E-state index contributed by atoms with van der Waals surface area (Å²) >= 11 is 0. The third kappa shape index (κ3) is 3.76. The summed E-state index contributed by atoms with van der Waals surface area (Å²) in [6, 6.07) is 9.15. The number of rotatable bonds is 3. The first kappa shape index (κ1) is 14.0. The molecular weight excluding hydrogens is 236 g/mol. The van der Waals surface area contributed by atoms with Gasteiger partial charge in [0.15, 0.2) is 0 Å². The Labute approximate surface area is 115 Å². The van der Waals surface area contributed by atoms with Gasteiger partial charge in [0.2, 0.25) is 0 Å². The molecule has 0 amide bonds. The van der Waals surface area contributed by atoms with Crippen LogP contribution in [0.1, 0.15) is 25.5 Å². The molecule has 1 aliphatic heterocycles. The van der Waals surface area contributed by atoms with Crippen molar-refractivity contribution in [2.24, 2.45) is 0 Å². The molecule has 0 N–H and O–H groups in total. The second-order valence-electron chi connectivity index (χ2n) is 5.41. The van der Waals surface area contributed by atoms with E-state index in [0.717, 1.165) is 31.7 Å². The molecule has 0 radical (unpaired) electrons. The highest BCUT2D eigenvalue weighted by atomic mass is 15.3. The van der Waals surface area contributed by atoms with Gasteiger partial charge in [0.25, 0.3) is 0 Å². The first-order valence-electron chi connectivity index (χ1n) is 6.92. The van der Waals surface area contributed by atoms with Gasteiger partial charge in [0, 0.05) is 31.4 Å². The van der Waals surface area contributed by atoms with Gasteiger partial charge < -0.3 is 4.90 Å². The molecule has 0 spiro atoms. The normalized spacial score (nSPS) is 25.7. The number of likely N-dealkylation sites (N-methyl/N-ethyl adjacent to an activating group) is 1. The number of hydrogen-bond donors (Lipinski definition) is 0. The summed E-state index contributed by atoms with van der Waals surface area (Å²) in [7, 11) is 2.14. The monoisotopic (exact) mass is 258 g/mol. The third-order valence-electron chi connectivity index (χ3n) is 3.88. The maximum Gasteiger partial charge on any atom is 0.0638 e. The van der Waals surface area contributed by atoms with Crippen molar-refractivity contribution in [1.29, 1.82) is 5.26 Å². The lowest BCUT2D eigenvalue weighted by Crippen LogP contribution is -2.43. The SMILES string of the molecule is CC1CCN(C)CC(CC#N)N1Cc1ccccn1. The summed E-state index contributed by atoms with van der Waals surface area (Å²) in [5.74, 6) is 0. The summed E-state index contributed by atoms with van der Waals surface area (Å²) in [6.45, 7) is 5.15. The molecule has 1 saturated heterocycles. The van der Waals surface area contributed by atoms with Crippen molar-refractivity contribution in [2.75, 3.05) is 20.1 Å². The average Bonchev–Trinajstić information content (AvgIpc) is 2.54. The highest BCUT2D eigenvalue weighted by molar-refractivity contribution is 5.04. The summed E-state index contributed by atoms with van der Waals surface area (Å²) in [5, 5.41) is 9.06. The van der Waals surface area contributed by atoms with Crippen LogP contribution in [0.3, 0.4) is 0 Å². The number of nitrogens with zero attached hydrogens (tertiary/aromatic N) is 4. The van der Waals surface area contributed by atoms with Crippen LogP contribution in [-0.4, -0.2) is 47.0 Å². The molecule has 1 aromatic rings. The van der Waals surface area contributed by atoms with E-state index in [4.69, 9.17) is 5.26 Å². The quantitative estimate of drug-likeness (QED) is 0.830. The topological polar surface area (TPSA) is 43.2 Å². The fourth-order valence-electron chi connectivity index (χ4n) is 2.74. The van der Waals surface area contributed by atoms with E-state index < -0.39 is 0 Å². The Kier molecular flexibility index (Phi) is 4.89. The van der Waals surface area contributed by atoms with E-state index in [9.17, 15) is 0 Å². The van der Waals surface area contributed by atoms with E-state index in [0.29, 0.717) is 18.5 Å². The molecule has 0 saturated carbocycles. The summed E-state index contributed by atoms with van der Waals surface area (Å²) < 4.78 is 0. The first-order valence-corrected chi connectivity index (χ1v) is 6.92. The average molecular weight is 258 g/mol. The van der Waals surface area contributed by atoms with E-state index in [1.165, 1.54) is 0 Å². The van der Waals surface area contributed by atoms with E-state index >= 15 is 0 Å². The van der Waals surface area contributed by atoms with Gasteiger partial charge in [-0.05, 0) is 39.1 Å². The van der Waals surface area contributed by atoms with Crippen LogP contribution < -0.4 is 0 Å². The minimum absolute atomic E-state index is 0.300. The van der Waals surface area contributed by atoms with Crippen LogP contribution in [-0.2, 0) is 6.54 Å². The zero-order valence-corrected chi connectivity index (χ0v) is 11.8. The molecule has 1 aromatic heterocycles. The van der Waals surface area contributed by atoms with Gasteiger partial charge >= 0.3 is 0 Å². The Morgan fingerprint density at radius 1 is 1.47 bits per heavy atom. The van der Waals surface area contributed by atoms with E-state index in [1.54, 1.807) is 0 Å². The highest BCUT2D eigenvalue weighted by Gasteiger charge is 2.28. The standard InChI is InChI=1S/C15H22N4/c1-13-7-10-18(2)12-15(6-8-16)19(13)11-14-5-3-4-9-17-14/h3-5,9,13,15H,6-7,10-12H2,1-2H3. The van der Waals surface area contributed by atoms with E-state index in [1.807, 2.05) is 18.3 Å². The van der Waals surface area contributed by atoms with Crippen LogP contribution in [0.4, 0.5) is 0 Å². The van der Waals surface area contributed by atoms with Crippen LogP contribution in [0.5, 0.6) is 0 Å². The number of pyridine rings is 1. The molecule has 2 unspecified atom stereocenters. The Morgan fingerprint density at radius 3 is 3.00 bits per heavy atom. The highest BCUT2D eigenvalue weighted by Crippen LogP contribution is 2.19. The predicted molar refractivity (Wildman–Crippen MR) is 75.4 cm³/mol. The van der Waals surface area contributed by atoms with E-state index in [2.05, 4.69) is 40.9 Å². The van der Waals surface area contributed by atoms with Crippen LogP contribution >= 0.6 is 0 Å². The van der Waals surface area contributed by atoms with Gasteiger partial charge in [-0.25, -0.2) is 0 Å². The number of nitriles is 1. The summed E-state index contributed by atoms with van der Waals surface area (Å²) in [6.07, 6.45) is 3.57. The van der Waals surface area contributed by atoms with Gasteiger partial charge in [-0.2, -0.15) is 5.26 Å². The molecule has 0 aliphatic carbocycles. The smallest absolute Gasteiger partial charge is 0.0638 e. The molecule has 2 rings (SSSR count). The van der Waals surface area contributed by atoms with Crippen molar-refractivity contribution in [3.63, 3.8) is 0 Å². The minimum Gasteiger partial charge on any atom is -0.305 e. The Bertz CT molecular complexity index is 426. The fraction of sp³-hybridized carbons (Fsp3) is 0.600. The van der Waals surface area contributed by atoms with Gasteiger partial charge in [-0.15, -0.1) is 0 Å². The Hall–Kier alpha value is -1.44. The molecule has 19 heavy (non-hydrogen) atoms. The molecule has 0 bridgehead atoms. The number of hydrogen-bond acceptors (Lipinski definition) is 4. The molecule has 4 heteroatoms. The maximum atomic E-state index is 9.06. The van der Waals surface area contributed by atoms with Crippen molar-refractivity contribution in [1.82, 2.24) is 14.8 Å². The molecule has 1 fully saturated rings. The van der Waals surface area contributed by atoms with E-state index in [-0.39, 0.29) is 0 Å². The zero-order valence-electron chi connectivity index (χ0n) is 11.8. The number of aromatic nitrogens is 1. The Balaban J connectivity index is 2.14. The van der Waals surface area contributed by atoms with Gasteiger partial charge in [0.05, 0.1) is 18.2 Å². The van der Waals surface area contributed by atoms with Crippen LogP contribution in [0.25, 0.3) is 0 Å². The summed E-state index contributed by atoms with van der Waals surface area (Å²) in [4.78, 5) is 9.18. The second kappa shape index (κ2) is 6.65. The van der Waals surface area contributed by atoms with Crippen LogP contribution in [0.2, 0.25) is 0 Å². The van der Waals surface area contributed by atoms with Crippen molar-refractivity contribution < 1.29 is 0 Å². The van der Waals surface area contributed by atoms with Crippen molar-refractivity contribution >= 4 is 0 Å². The molecule has 1 aliphatic rings. The van der Waals surface area contributed by atoms with Gasteiger partial charge in [0.1, 0.15) is 0 Å². The molecule has 2 heterocycles. The predicted octanol–water partition coefficient (Wildman–Crippen LogP) is 1.89. The molecule has 102 valence electrons. The maximum absolute atomic E-state index is 9.06. The lowest BCUT2D eigenvalue weighted by atomic mass is 10.1. The molecular formula is C15H22N4.